The van der Waals surface area contributed by atoms with E-state index >= 15 is 0 Å². The first kappa shape index (κ1) is 13.4. The highest BCUT2D eigenvalue weighted by molar-refractivity contribution is 5.39. The Balaban J connectivity index is 2.00. The van der Waals surface area contributed by atoms with Gasteiger partial charge in [0, 0.05) is 0 Å². The maximum Gasteiger partial charge on any atom is 0.161 e. The van der Waals surface area contributed by atoms with Gasteiger partial charge >= 0.3 is 0 Å². The molecule has 0 spiro atoms. The van der Waals surface area contributed by atoms with Crippen LogP contribution < -0.4 is 15.2 Å². The van der Waals surface area contributed by atoms with Crippen LogP contribution in [0.25, 0.3) is 0 Å². The van der Waals surface area contributed by atoms with Gasteiger partial charge in [-0.1, -0.05) is 24.3 Å². The summed E-state index contributed by atoms with van der Waals surface area (Å²) in [5.41, 5.74) is 6.83. The van der Waals surface area contributed by atoms with E-state index in [0.29, 0.717) is 18.1 Å². The van der Waals surface area contributed by atoms with Crippen molar-refractivity contribution in [2.75, 3.05) is 13.7 Å². The van der Waals surface area contributed by atoms with E-state index in [4.69, 9.17) is 15.2 Å². The number of ether oxygens (including phenoxy) is 2. The van der Waals surface area contributed by atoms with E-state index < -0.39 is 0 Å². The normalized spacial score (nSPS) is 11.9. The molecule has 0 aliphatic carbocycles. The van der Waals surface area contributed by atoms with Crippen LogP contribution in [0.3, 0.4) is 0 Å². The second-order valence-electron chi connectivity index (χ2n) is 4.12. The Hall–Kier alpha value is -2.07. The van der Waals surface area contributed by atoms with Crippen LogP contribution in [-0.2, 0) is 0 Å². The van der Waals surface area contributed by atoms with Gasteiger partial charge in [0.15, 0.2) is 11.5 Å². The van der Waals surface area contributed by atoms with Crippen LogP contribution in [0.4, 0.5) is 4.39 Å². The summed E-state index contributed by atoms with van der Waals surface area (Å²) >= 11 is 0. The van der Waals surface area contributed by atoms with Gasteiger partial charge in [-0.2, -0.15) is 0 Å². The number of hydrogen-bond acceptors (Lipinski definition) is 3. The lowest BCUT2D eigenvalue weighted by atomic mass is 10.1. The van der Waals surface area contributed by atoms with E-state index in [9.17, 15) is 4.39 Å². The fourth-order valence-corrected chi connectivity index (χ4v) is 1.72. The molecule has 0 amide bonds. The van der Waals surface area contributed by atoms with E-state index in [1.807, 2.05) is 24.3 Å². The smallest absolute Gasteiger partial charge is 0.161 e. The highest BCUT2D eigenvalue weighted by Gasteiger charge is 2.09. The van der Waals surface area contributed by atoms with Gasteiger partial charge in [-0.3, -0.25) is 0 Å². The number of nitrogens with two attached hydrogens (primary N) is 1. The van der Waals surface area contributed by atoms with Crippen molar-refractivity contribution in [1.82, 2.24) is 0 Å². The number of methoxy groups -OCH3 is 1. The minimum absolute atomic E-state index is 0.276. The van der Waals surface area contributed by atoms with Gasteiger partial charge in [-0.05, 0) is 29.8 Å². The fourth-order valence-electron chi connectivity index (χ4n) is 1.72. The zero-order valence-corrected chi connectivity index (χ0v) is 10.7. The van der Waals surface area contributed by atoms with E-state index in [1.165, 1.54) is 12.1 Å². The third kappa shape index (κ3) is 3.45. The van der Waals surface area contributed by atoms with Gasteiger partial charge in [-0.25, -0.2) is 4.39 Å². The molecule has 0 aromatic heterocycles. The summed E-state index contributed by atoms with van der Waals surface area (Å²) < 4.78 is 23.6. The third-order valence-corrected chi connectivity index (χ3v) is 2.79. The fraction of sp³-hybridized carbons (Fsp3) is 0.200. The van der Waals surface area contributed by atoms with Crippen molar-refractivity contribution < 1.29 is 13.9 Å². The lowest BCUT2D eigenvalue weighted by molar-refractivity contribution is 0.273. The Morgan fingerprint density at radius 3 is 2.32 bits per heavy atom. The largest absolute Gasteiger partial charge is 0.493 e. The molecule has 2 aromatic rings. The molecule has 1 unspecified atom stereocenters. The highest BCUT2D eigenvalue weighted by Crippen LogP contribution is 2.26. The summed E-state index contributed by atoms with van der Waals surface area (Å²) in [6.45, 7) is 0.298. The van der Waals surface area contributed by atoms with Crippen LogP contribution in [-0.4, -0.2) is 13.7 Å². The average molecular weight is 261 g/mol. The summed E-state index contributed by atoms with van der Waals surface area (Å²) in [5, 5.41) is 0. The van der Waals surface area contributed by atoms with Crippen LogP contribution in [0.2, 0.25) is 0 Å². The quantitative estimate of drug-likeness (QED) is 0.900. The molecule has 2 N–H and O–H groups in total. The Kier molecular flexibility index (Phi) is 4.36. The first-order valence-electron chi connectivity index (χ1n) is 5.97. The minimum atomic E-state index is -0.314. The van der Waals surface area contributed by atoms with Crippen LogP contribution in [0.1, 0.15) is 11.6 Å². The second-order valence-corrected chi connectivity index (χ2v) is 4.12. The molecule has 19 heavy (non-hydrogen) atoms. The first-order chi connectivity index (χ1) is 9.20. The van der Waals surface area contributed by atoms with Crippen molar-refractivity contribution in [3.8, 4) is 11.5 Å². The Labute approximate surface area is 111 Å². The van der Waals surface area contributed by atoms with Crippen molar-refractivity contribution in [2.24, 2.45) is 5.73 Å². The summed E-state index contributed by atoms with van der Waals surface area (Å²) in [5.74, 6) is 1.03. The van der Waals surface area contributed by atoms with Crippen LogP contribution in [0, 0.1) is 5.82 Å². The van der Waals surface area contributed by atoms with Crippen molar-refractivity contribution in [3.05, 3.63) is 59.9 Å². The molecule has 100 valence electrons. The second kappa shape index (κ2) is 6.20. The molecule has 3 nitrogen and oxygen atoms in total. The van der Waals surface area contributed by atoms with Crippen molar-refractivity contribution in [3.63, 3.8) is 0 Å². The zero-order valence-electron chi connectivity index (χ0n) is 10.7. The molecule has 0 saturated carbocycles. The SMILES string of the molecule is COc1ccccc1OCC(N)c1ccc(F)cc1. The minimum Gasteiger partial charge on any atom is -0.493 e. The van der Waals surface area contributed by atoms with Gasteiger partial charge in [0.1, 0.15) is 12.4 Å². The number of para-hydroxylation sites is 2. The molecule has 0 bridgehead atoms. The molecule has 1 atom stereocenters. The van der Waals surface area contributed by atoms with Crippen LogP contribution in [0.15, 0.2) is 48.5 Å². The van der Waals surface area contributed by atoms with Gasteiger partial charge in [0.2, 0.25) is 0 Å². The van der Waals surface area contributed by atoms with Crippen molar-refractivity contribution in [2.45, 2.75) is 6.04 Å². The van der Waals surface area contributed by atoms with E-state index in [2.05, 4.69) is 0 Å². The summed E-state index contributed by atoms with van der Waals surface area (Å²) in [6.07, 6.45) is 0. The molecule has 4 heteroatoms. The van der Waals surface area contributed by atoms with Gasteiger partial charge < -0.3 is 15.2 Å². The molecule has 0 fully saturated rings. The molecule has 2 rings (SSSR count). The molecule has 0 radical (unpaired) electrons. The van der Waals surface area contributed by atoms with Gasteiger partial charge in [-0.15, -0.1) is 0 Å². The molecular weight excluding hydrogens is 245 g/mol. The zero-order chi connectivity index (χ0) is 13.7. The topological polar surface area (TPSA) is 44.5 Å². The summed E-state index contributed by atoms with van der Waals surface area (Å²) in [6, 6.07) is 13.1. The molecule has 0 aliphatic heterocycles. The monoisotopic (exact) mass is 261 g/mol. The average Bonchev–Trinajstić information content (AvgIpc) is 2.45. The highest BCUT2D eigenvalue weighted by atomic mass is 19.1. The Morgan fingerprint density at radius 1 is 1.05 bits per heavy atom. The molecule has 2 aromatic carbocycles. The summed E-state index contributed by atoms with van der Waals surface area (Å²) in [4.78, 5) is 0. The van der Waals surface area contributed by atoms with Crippen LogP contribution in [0.5, 0.6) is 11.5 Å². The lowest BCUT2D eigenvalue weighted by Crippen LogP contribution is -2.19. The lowest BCUT2D eigenvalue weighted by Gasteiger charge is -2.15. The number of rotatable bonds is 5. The van der Waals surface area contributed by atoms with E-state index in [0.717, 1.165) is 5.56 Å². The molecular formula is C15H16FNO2. The Bertz CT molecular complexity index is 528. The molecule has 0 aliphatic rings. The number of halogens is 1. The maximum absolute atomic E-state index is 12.8. The van der Waals surface area contributed by atoms with Crippen molar-refractivity contribution in [1.29, 1.82) is 0 Å². The predicted octanol–water partition coefficient (Wildman–Crippen LogP) is 2.91. The standard InChI is InChI=1S/C15H16FNO2/c1-18-14-4-2-3-5-15(14)19-10-13(17)11-6-8-12(16)9-7-11/h2-9,13H,10,17H2,1H3. The molecule has 0 heterocycles. The van der Waals surface area contributed by atoms with Gasteiger partial charge in [0.05, 0.1) is 13.2 Å². The predicted molar refractivity (Wildman–Crippen MR) is 71.8 cm³/mol. The number of hydrogen-bond donors (Lipinski definition) is 1. The van der Waals surface area contributed by atoms with E-state index in [-0.39, 0.29) is 11.9 Å². The molecule has 0 saturated heterocycles. The Morgan fingerprint density at radius 2 is 1.68 bits per heavy atom. The maximum atomic E-state index is 12.8. The first-order valence-corrected chi connectivity index (χ1v) is 5.97. The van der Waals surface area contributed by atoms with Crippen LogP contribution >= 0.6 is 0 Å². The third-order valence-electron chi connectivity index (χ3n) is 2.79. The number of benzene rings is 2. The van der Waals surface area contributed by atoms with E-state index in [1.54, 1.807) is 19.2 Å². The van der Waals surface area contributed by atoms with Crippen molar-refractivity contribution >= 4 is 0 Å². The summed E-state index contributed by atoms with van der Waals surface area (Å²) in [7, 11) is 1.59. The van der Waals surface area contributed by atoms with Gasteiger partial charge in [0.25, 0.3) is 0 Å².